The molecule has 2 aromatic carbocycles. The lowest BCUT2D eigenvalue weighted by molar-refractivity contribution is -0.138. The van der Waals surface area contributed by atoms with Crippen molar-refractivity contribution in [1.29, 1.82) is 0 Å². The summed E-state index contributed by atoms with van der Waals surface area (Å²) in [5.74, 6) is -0.739. The fraction of sp³-hybridized carbons (Fsp3) is 0.263. The van der Waals surface area contributed by atoms with Crippen molar-refractivity contribution >= 4 is 17.5 Å². The van der Waals surface area contributed by atoms with Crippen LogP contribution in [-0.4, -0.2) is 22.8 Å². The zero-order chi connectivity index (χ0) is 17.3. The maximum absolute atomic E-state index is 13.2. The number of nitrogens with one attached hydrogen (secondary N) is 1. The summed E-state index contributed by atoms with van der Waals surface area (Å²) in [6.07, 6.45) is 0.474. The summed E-state index contributed by atoms with van der Waals surface area (Å²) in [6, 6.07) is 11.5. The predicted octanol–water partition coefficient (Wildman–Crippen LogP) is 3.05. The van der Waals surface area contributed by atoms with Gasteiger partial charge in [-0.05, 0) is 41.8 Å². The number of aryl methyl sites for hydroxylation is 1. The van der Waals surface area contributed by atoms with Crippen LogP contribution in [0.4, 0.5) is 10.1 Å². The number of nitrogens with zero attached hydrogens (tertiary/aromatic N) is 1. The van der Waals surface area contributed by atoms with Gasteiger partial charge in [-0.2, -0.15) is 0 Å². The molecule has 0 bridgehead atoms. The number of benzene rings is 2. The average Bonchev–Trinajstić information content (AvgIpc) is 2.56. The first-order valence-corrected chi connectivity index (χ1v) is 7.86. The molecule has 1 aliphatic rings. The van der Waals surface area contributed by atoms with Crippen molar-refractivity contribution < 1.29 is 14.0 Å². The number of carbonyl (C=O) groups is 2. The summed E-state index contributed by atoms with van der Waals surface area (Å²) in [7, 11) is 0. The summed E-state index contributed by atoms with van der Waals surface area (Å²) >= 11 is 0. The van der Waals surface area contributed by atoms with Gasteiger partial charge in [-0.15, -0.1) is 0 Å². The van der Waals surface area contributed by atoms with Crippen LogP contribution >= 0.6 is 0 Å². The van der Waals surface area contributed by atoms with E-state index in [1.54, 1.807) is 11.8 Å². The third kappa shape index (κ3) is 3.15. The molecule has 3 rings (SSSR count). The van der Waals surface area contributed by atoms with E-state index in [4.69, 9.17) is 0 Å². The second-order valence-electron chi connectivity index (χ2n) is 6.08. The minimum atomic E-state index is -0.568. The lowest BCUT2D eigenvalue weighted by Gasteiger charge is -2.35. The molecule has 2 amide bonds. The average molecular weight is 326 g/mol. The van der Waals surface area contributed by atoms with Crippen LogP contribution in [-0.2, 0) is 22.6 Å². The second kappa shape index (κ2) is 6.43. The quantitative estimate of drug-likeness (QED) is 0.922. The van der Waals surface area contributed by atoms with E-state index in [1.165, 1.54) is 25.1 Å². The summed E-state index contributed by atoms with van der Waals surface area (Å²) in [6.45, 7) is 3.63. The zero-order valence-electron chi connectivity index (χ0n) is 13.7. The molecular weight excluding hydrogens is 307 g/mol. The molecule has 124 valence electrons. The molecule has 2 aromatic rings. The van der Waals surface area contributed by atoms with Crippen LogP contribution in [0.15, 0.2) is 42.5 Å². The van der Waals surface area contributed by atoms with E-state index in [0.717, 1.165) is 11.1 Å². The molecule has 4 nitrogen and oxygen atoms in total. The van der Waals surface area contributed by atoms with Crippen molar-refractivity contribution in [2.45, 2.75) is 32.9 Å². The zero-order valence-corrected chi connectivity index (χ0v) is 13.7. The molecule has 0 radical (unpaired) electrons. The van der Waals surface area contributed by atoms with Crippen molar-refractivity contribution in [1.82, 2.24) is 4.90 Å². The Balaban J connectivity index is 1.85. The Hall–Kier alpha value is -2.69. The molecule has 1 heterocycles. The van der Waals surface area contributed by atoms with Gasteiger partial charge in [-0.3, -0.25) is 9.59 Å². The molecule has 1 aliphatic heterocycles. The number of amides is 2. The number of hydrogen-bond donors (Lipinski definition) is 1. The topological polar surface area (TPSA) is 49.4 Å². The van der Waals surface area contributed by atoms with E-state index in [9.17, 15) is 14.0 Å². The minimum absolute atomic E-state index is 0.138. The summed E-state index contributed by atoms with van der Waals surface area (Å²) in [4.78, 5) is 26.3. The molecule has 1 N–H and O–H groups in total. The maximum atomic E-state index is 13.2. The molecule has 0 saturated heterocycles. The number of rotatable bonds is 2. The second-order valence-corrected chi connectivity index (χ2v) is 6.08. The normalized spacial score (nSPS) is 16.5. The van der Waals surface area contributed by atoms with Gasteiger partial charge in [-0.25, -0.2) is 4.39 Å². The molecule has 0 aliphatic carbocycles. The Morgan fingerprint density at radius 2 is 1.88 bits per heavy atom. The number of anilines is 1. The Morgan fingerprint density at radius 3 is 2.54 bits per heavy atom. The third-order valence-electron chi connectivity index (χ3n) is 4.40. The predicted molar refractivity (Wildman–Crippen MR) is 89.9 cm³/mol. The molecule has 5 heteroatoms. The first-order chi connectivity index (χ1) is 11.5. The van der Waals surface area contributed by atoms with E-state index >= 15 is 0 Å². The monoisotopic (exact) mass is 326 g/mol. The molecule has 1 atom stereocenters. The van der Waals surface area contributed by atoms with E-state index in [0.29, 0.717) is 24.2 Å². The van der Waals surface area contributed by atoms with E-state index in [2.05, 4.69) is 5.32 Å². The Labute approximate surface area is 140 Å². The summed E-state index contributed by atoms with van der Waals surface area (Å²) < 4.78 is 13.2. The molecule has 0 unspecified atom stereocenters. The van der Waals surface area contributed by atoms with Gasteiger partial charge >= 0.3 is 0 Å². The highest BCUT2D eigenvalue weighted by atomic mass is 19.1. The number of carbonyl (C=O) groups excluding carboxylic acids is 2. The largest absolute Gasteiger partial charge is 0.326 e. The summed E-state index contributed by atoms with van der Waals surface area (Å²) in [5.41, 5.74) is 3.35. The van der Waals surface area contributed by atoms with Gasteiger partial charge in [0.1, 0.15) is 11.9 Å². The Morgan fingerprint density at radius 1 is 1.17 bits per heavy atom. The van der Waals surface area contributed by atoms with Gasteiger partial charge < -0.3 is 10.2 Å². The van der Waals surface area contributed by atoms with Crippen LogP contribution in [0, 0.1) is 12.7 Å². The molecule has 0 saturated carbocycles. The van der Waals surface area contributed by atoms with Crippen LogP contribution in [0.3, 0.4) is 0 Å². The van der Waals surface area contributed by atoms with Crippen LogP contribution in [0.1, 0.15) is 23.6 Å². The lowest BCUT2D eigenvalue weighted by atomic mass is 9.93. The molecule has 0 spiro atoms. The van der Waals surface area contributed by atoms with Gasteiger partial charge in [0.2, 0.25) is 11.8 Å². The molecule has 0 fully saturated rings. The molecule has 24 heavy (non-hydrogen) atoms. The number of halogens is 1. The van der Waals surface area contributed by atoms with Crippen molar-refractivity contribution in [2.24, 2.45) is 0 Å². The Bertz CT molecular complexity index is 804. The van der Waals surface area contributed by atoms with Gasteiger partial charge in [-0.1, -0.05) is 24.3 Å². The fourth-order valence-corrected chi connectivity index (χ4v) is 3.07. The van der Waals surface area contributed by atoms with Crippen LogP contribution in [0.25, 0.3) is 0 Å². The first-order valence-electron chi connectivity index (χ1n) is 7.86. The van der Waals surface area contributed by atoms with Crippen molar-refractivity contribution in [3.63, 3.8) is 0 Å². The van der Waals surface area contributed by atoms with Crippen LogP contribution in [0.5, 0.6) is 0 Å². The number of fused-ring (bicyclic) bond motifs is 1. The summed E-state index contributed by atoms with van der Waals surface area (Å²) in [5, 5.41) is 2.82. The number of hydrogen-bond acceptors (Lipinski definition) is 2. The minimum Gasteiger partial charge on any atom is -0.326 e. The fourth-order valence-electron chi connectivity index (χ4n) is 3.07. The molecule has 0 aromatic heterocycles. The van der Waals surface area contributed by atoms with Gasteiger partial charge in [0.05, 0.1) is 0 Å². The van der Waals surface area contributed by atoms with Gasteiger partial charge in [0.25, 0.3) is 0 Å². The SMILES string of the molecule is CC(=O)N1Cc2ccccc2C[C@@H]1C(=O)Nc1ccc(F)cc1C. The smallest absolute Gasteiger partial charge is 0.247 e. The first kappa shape index (κ1) is 16.2. The van der Waals surface area contributed by atoms with E-state index in [1.807, 2.05) is 24.3 Å². The highest BCUT2D eigenvalue weighted by molar-refractivity contribution is 5.98. The maximum Gasteiger partial charge on any atom is 0.247 e. The molecular formula is C19H19FN2O2. The van der Waals surface area contributed by atoms with Crippen molar-refractivity contribution in [2.75, 3.05) is 5.32 Å². The standard InChI is InChI=1S/C19H19FN2O2/c1-12-9-16(20)7-8-17(12)21-19(24)18-10-14-5-3-4-6-15(14)11-22(18)13(2)23/h3-9,18H,10-11H2,1-2H3,(H,21,24)/t18-/m1/s1. The van der Waals surface area contributed by atoms with E-state index < -0.39 is 6.04 Å². The van der Waals surface area contributed by atoms with Crippen LogP contribution < -0.4 is 5.32 Å². The highest BCUT2D eigenvalue weighted by Crippen LogP contribution is 2.25. The van der Waals surface area contributed by atoms with E-state index in [-0.39, 0.29) is 17.6 Å². The van der Waals surface area contributed by atoms with Crippen molar-refractivity contribution in [3.8, 4) is 0 Å². The van der Waals surface area contributed by atoms with Crippen LogP contribution in [0.2, 0.25) is 0 Å². The third-order valence-corrected chi connectivity index (χ3v) is 4.40. The van der Waals surface area contributed by atoms with Gasteiger partial charge in [0, 0.05) is 25.6 Å². The highest BCUT2D eigenvalue weighted by Gasteiger charge is 2.33. The van der Waals surface area contributed by atoms with Gasteiger partial charge in [0.15, 0.2) is 0 Å². The Kier molecular flexibility index (Phi) is 4.34. The van der Waals surface area contributed by atoms with Crippen molar-refractivity contribution in [3.05, 3.63) is 65.0 Å². The lowest BCUT2D eigenvalue weighted by Crippen LogP contribution is -2.50.